The zero-order valence-corrected chi connectivity index (χ0v) is 7.66. The summed E-state index contributed by atoms with van der Waals surface area (Å²) in [7, 11) is 0. The van der Waals surface area contributed by atoms with Gasteiger partial charge in [0.25, 0.3) is 0 Å². The van der Waals surface area contributed by atoms with Crippen molar-refractivity contribution >= 4 is 23.6 Å². The van der Waals surface area contributed by atoms with E-state index in [1.54, 1.807) is 24.4 Å². The molecule has 0 unspecified atom stereocenters. The Morgan fingerprint density at radius 3 is 2.92 bits per heavy atom. The van der Waals surface area contributed by atoms with Crippen molar-refractivity contribution in [3.05, 3.63) is 35.1 Å². The topological polar surface area (TPSA) is 56.0 Å². The third-order valence-electron chi connectivity index (χ3n) is 1.38. The highest BCUT2D eigenvalue weighted by molar-refractivity contribution is 6.29. The number of halogens is 1. The Labute approximate surface area is 81.2 Å². The van der Waals surface area contributed by atoms with Gasteiger partial charge >= 0.3 is 0 Å². The number of pyridine rings is 1. The van der Waals surface area contributed by atoms with Crippen LogP contribution in [-0.4, -0.2) is 10.9 Å². The maximum absolute atomic E-state index is 10.4. The van der Waals surface area contributed by atoms with Crippen LogP contribution in [0.1, 0.15) is 12.0 Å². The predicted octanol–water partition coefficient (Wildman–Crippen LogP) is 1.62. The van der Waals surface area contributed by atoms with Crippen LogP contribution in [-0.2, 0) is 4.79 Å². The van der Waals surface area contributed by atoms with Crippen molar-refractivity contribution in [2.45, 2.75) is 6.42 Å². The normalized spacial score (nSPS) is 10.5. The van der Waals surface area contributed by atoms with Crippen LogP contribution in [0.4, 0.5) is 0 Å². The van der Waals surface area contributed by atoms with E-state index in [0.29, 0.717) is 5.15 Å². The van der Waals surface area contributed by atoms with E-state index in [9.17, 15) is 4.79 Å². The summed E-state index contributed by atoms with van der Waals surface area (Å²) in [5, 5.41) is 0.451. The molecule has 1 heterocycles. The first kappa shape index (κ1) is 9.74. The van der Waals surface area contributed by atoms with Gasteiger partial charge in [-0.15, -0.1) is 0 Å². The second-order valence-electron chi connectivity index (χ2n) is 2.49. The summed E-state index contributed by atoms with van der Waals surface area (Å²) in [5.41, 5.74) is 5.85. The van der Waals surface area contributed by atoms with Gasteiger partial charge in [0.1, 0.15) is 5.15 Å². The number of carbonyl (C=O) groups excluding carboxylic acids is 1. The number of hydrogen-bond donors (Lipinski definition) is 1. The van der Waals surface area contributed by atoms with Crippen molar-refractivity contribution in [3.63, 3.8) is 0 Å². The van der Waals surface area contributed by atoms with Crippen molar-refractivity contribution in [2.75, 3.05) is 0 Å². The molecule has 2 N–H and O–H groups in total. The summed E-state index contributed by atoms with van der Waals surface area (Å²) >= 11 is 5.59. The summed E-state index contributed by atoms with van der Waals surface area (Å²) in [4.78, 5) is 14.3. The molecule has 1 rings (SSSR count). The number of primary amides is 1. The number of rotatable bonds is 3. The van der Waals surface area contributed by atoms with Crippen molar-refractivity contribution in [2.24, 2.45) is 5.73 Å². The first-order valence-electron chi connectivity index (χ1n) is 3.75. The molecule has 0 fully saturated rings. The molecular formula is C9H9ClN2O. The molecule has 0 spiro atoms. The molecule has 0 saturated carbocycles. The minimum Gasteiger partial charge on any atom is -0.369 e. The van der Waals surface area contributed by atoms with Gasteiger partial charge in [0.05, 0.1) is 0 Å². The largest absolute Gasteiger partial charge is 0.369 e. The van der Waals surface area contributed by atoms with Gasteiger partial charge in [0, 0.05) is 12.6 Å². The minimum absolute atomic E-state index is 0.239. The Kier molecular flexibility index (Phi) is 3.46. The van der Waals surface area contributed by atoms with Crippen LogP contribution in [0.15, 0.2) is 24.4 Å². The van der Waals surface area contributed by atoms with Crippen LogP contribution in [0.25, 0.3) is 6.08 Å². The fourth-order valence-electron chi connectivity index (χ4n) is 0.797. The van der Waals surface area contributed by atoms with Crippen LogP contribution < -0.4 is 5.73 Å². The molecule has 1 aromatic rings. The quantitative estimate of drug-likeness (QED) is 0.747. The van der Waals surface area contributed by atoms with Gasteiger partial charge in [-0.3, -0.25) is 4.79 Å². The molecule has 0 aliphatic carbocycles. The molecule has 0 atom stereocenters. The van der Waals surface area contributed by atoms with E-state index in [1.165, 1.54) is 0 Å². The monoisotopic (exact) mass is 196 g/mol. The third-order valence-corrected chi connectivity index (χ3v) is 1.60. The molecule has 68 valence electrons. The van der Waals surface area contributed by atoms with E-state index in [-0.39, 0.29) is 12.3 Å². The van der Waals surface area contributed by atoms with Gasteiger partial charge in [-0.1, -0.05) is 29.8 Å². The highest BCUT2D eigenvalue weighted by Crippen LogP contribution is 2.06. The fraction of sp³-hybridized carbons (Fsp3) is 0.111. The van der Waals surface area contributed by atoms with Gasteiger partial charge in [0.15, 0.2) is 0 Å². The maximum Gasteiger partial charge on any atom is 0.221 e. The molecule has 0 aliphatic rings. The Balaban J connectivity index is 2.59. The molecule has 13 heavy (non-hydrogen) atoms. The summed E-state index contributed by atoms with van der Waals surface area (Å²) in [6.07, 6.45) is 5.32. The van der Waals surface area contributed by atoms with Crippen LogP contribution >= 0.6 is 11.6 Å². The van der Waals surface area contributed by atoms with Gasteiger partial charge in [-0.25, -0.2) is 4.98 Å². The van der Waals surface area contributed by atoms with Gasteiger partial charge in [0.2, 0.25) is 5.91 Å². The Morgan fingerprint density at radius 2 is 2.38 bits per heavy atom. The van der Waals surface area contributed by atoms with E-state index in [1.807, 2.05) is 6.07 Å². The summed E-state index contributed by atoms with van der Waals surface area (Å²) in [5.74, 6) is -0.349. The zero-order valence-electron chi connectivity index (χ0n) is 6.90. The van der Waals surface area contributed by atoms with E-state index in [2.05, 4.69) is 4.98 Å². The highest BCUT2D eigenvalue weighted by atomic mass is 35.5. The first-order valence-corrected chi connectivity index (χ1v) is 4.12. The smallest absolute Gasteiger partial charge is 0.221 e. The van der Waals surface area contributed by atoms with E-state index >= 15 is 0 Å². The van der Waals surface area contributed by atoms with Crippen molar-refractivity contribution < 1.29 is 4.79 Å². The van der Waals surface area contributed by atoms with Crippen molar-refractivity contribution in [1.82, 2.24) is 4.98 Å². The molecular weight excluding hydrogens is 188 g/mol. The molecule has 3 nitrogen and oxygen atoms in total. The lowest BCUT2D eigenvalue weighted by molar-refractivity contribution is -0.117. The van der Waals surface area contributed by atoms with E-state index in [4.69, 9.17) is 17.3 Å². The van der Waals surface area contributed by atoms with Gasteiger partial charge < -0.3 is 5.73 Å². The SMILES string of the molecule is NC(=O)CC=Cc1ccc(Cl)nc1. The number of nitrogens with zero attached hydrogens (tertiary/aromatic N) is 1. The van der Waals surface area contributed by atoms with Gasteiger partial charge in [-0.05, 0) is 11.6 Å². The Bertz CT molecular complexity index is 319. The molecule has 0 bridgehead atoms. The average molecular weight is 197 g/mol. The third kappa shape index (κ3) is 3.71. The first-order chi connectivity index (χ1) is 6.18. The molecule has 0 aliphatic heterocycles. The minimum atomic E-state index is -0.349. The van der Waals surface area contributed by atoms with Crippen molar-refractivity contribution in [3.8, 4) is 0 Å². The number of nitrogens with two attached hydrogens (primary N) is 1. The lowest BCUT2D eigenvalue weighted by atomic mass is 10.2. The standard InChI is InChI=1S/C9H9ClN2O/c10-8-5-4-7(6-12-8)2-1-3-9(11)13/h1-2,4-6H,3H2,(H2,11,13). The molecule has 1 aromatic heterocycles. The van der Waals surface area contributed by atoms with E-state index < -0.39 is 0 Å². The average Bonchev–Trinajstić information content (AvgIpc) is 2.08. The summed E-state index contributed by atoms with van der Waals surface area (Å²) in [6, 6.07) is 3.50. The second kappa shape index (κ2) is 4.62. The van der Waals surface area contributed by atoms with Crippen LogP contribution in [0.2, 0.25) is 5.15 Å². The molecule has 4 heteroatoms. The lowest BCUT2D eigenvalue weighted by Gasteiger charge is -1.91. The predicted molar refractivity (Wildman–Crippen MR) is 52.1 cm³/mol. The molecule has 1 amide bonds. The Morgan fingerprint density at radius 1 is 1.62 bits per heavy atom. The number of hydrogen-bond acceptors (Lipinski definition) is 2. The lowest BCUT2D eigenvalue weighted by Crippen LogP contribution is -2.07. The van der Waals surface area contributed by atoms with E-state index in [0.717, 1.165) is 5.56 Å². The molecule has 0 aromatic carbocycles. The zero-order chi connectivity index (χ0) is 9.68. The maximum atomic E-state index is 10.4. The number of carbonyl (C=O) groups is 1. The van der Waals surface area contributed by atoms with Crippen LogP contribution in [0.5, 0.6) is 0 Å². The highest BCUT2D eigenvalue weighted by Gasteiger charge is 1.90. The number of amides is 1. The summed E-state index contributed by atoms with van der Waals surface area (Å²) < 4.78 is 0. The summed E-state index contributed by atoms with van der Waals surface area (Å²) in [6.45, 7) is 0. The second-order valence-corrected chi connectivity index (χ2v) is 2.87. The fourth-order valence-corrected chi connectivity index (χ4v) is 0.909. The van der Waals surface area contributed by atoms with Crippen molar-refractivity contribution in [1.29, 1.82) is 0 Å². The van der Waals surface area contributed by atoms with Gasteiger partial charge in [-0.2, -0.15) is 0 Å². The van der Waals surface area contributed by atoms with Crippen LogP contribution in [0, 0.1) is 0 Å². The van der Waals surface area contributed by atoms with Crippen LogP contribution in [0.3, 0.4) is 0 Å². The number of aromatic nitrogens is 1. The Hall–Kier alpha value is -1.35. The molecule has 0 radical (unpaired) electrons. The molecule has 0 saturated heterocycles.